The molecule has 0 amide bonds. The minimum atomic E-state index is -0.354. The third-order valence-corrected chi connectivity index (χ3v) is 4.86. The molecule has 24 heavy (non-hydrogen) atoms. The Kier molecular flexibility index (Phi) is 3.86. The maximum absolute atomic E-state index is 13.8. The Labute approximate surface area is 139 Å². The number of aromatic amines is 1. The molecule has 1 saturated heterocycles. The number of nitrogens with one attached hydrogen (secondary N) is 2. The molecule has 126 valence electrons. The first kappa shape index (κ1) is 15.4. The number of H-pyrrole nitrogens is 1. The molecule has 2 N–H and O–H groups in total. The van der Waals surface area contributed by atoms with Crippen LogP contribution in [-0.4, -0.2) is 47.2 Å². The molecule has 0 saturated carbocycles. The molecule has 6 heteroatoms. The fraction of sp³-hybridized carbons (Fsp3) is 0.389. The zero-order valence-corrected chi connectivity index (χ0v) is 13.7. The van der Waals surface area contributed by atoms with Gasteiger partial charge in [0.1, 0.15) is 0 Å². The van der Waals surface area contributed by atoms with Gasteiger partial charge in [-0.1, -0.05) is 0 Å². The van der Waals surface area contributed by atoms with Crippen LogP contribution in [0.4, 0.5) is 4.39 Å². The Bertz CT molecular complexity index is 953. The minimum absolute atomic E-state index is 0.0177. The number of benzene rings is 1. The number of aromatic nitrogens is 2. The monoisotopic (exact) mass is 328 g/mol. The van der Waals surface area contributed by atoms with E-state index >= 15 is 0 Å². The number of fused-ring (bicyclic) bond motifs is 3. The van der Waals surface area contributed by atoms with Crippen LogP contribution in [0.5, 0.6) is 0 Å². The number of halogens is 1. The summed E-state index contributed by atoms with van der Waals surface area (Å²) in [6.45, 7) is 7.66. The summed E-state index contributed by atoms with van der Waals surface area (Å²) < 4.78 is 16.0. The lowest BCUT2D eigenvalue weighted by atomic mass is 10.1. The molecule has 0 radical (unpaired) electrons. The van der Waals surface area contributed by atoms with E-state index in [4.69, 9.17) is 0 Å². The number of pyridine rings is 1. The van der Waals surface area contributed by atoms with Crippen LogP contribution >= 0.6 is 0 Å². The largest absolute Gasteiger partial charge is 0.338 e. The Morgan fingerprint density at radius 1 is 1.12 bits per heavy atom. The molecule has 2 aromatic heterocycles. The molecule has 1 aliphatic rings. The van der Waals surface area contributed by atoms with E-state index in [1.165, 1.54) is 6.07 Å². The third-order valence-electron chi connectivity index (χ3n) is 4.86. The van der Waals surface area contributed by atoms with Crippen molar-refractivity contribution in [2.45, 2.75) is 13.5 Å². The number of hydrogen-bond acceptors (Lipinski definition) is 3. The predicted octanol–water partition coefficient (Wildman–Crippen LogP) is 1.84. The van der Waals surface area contributed by atoms with Gasteiger partial charge in [0.05, 0.1) is 11.0 Å². The molecule has 0 bridgehead atoms. The van der Waals surface area contributed by atoms with Crippen LogP contribution in [-0.2, 0) is 6.54 Å². The average Bonchev–Trinajstić information content (AvgIpc) is 2.87. The van der Waals surface area contributed by atoms with E-state index in [0.717, 1.165) is 66.8 Å². The molecule has 3 heterocycles. The van der Waals surface area contributed by atoms with Crippen molar-refractivity contribution in [2.75, 3.05) is 32.7 Å². The first-order chi connectivity index (χ1) is 11.6. The zero-order chi connectivity index (χ0) is 16.7. The number of aryl methyl sites for hydroxylation is 1. The molecule has 1 aliphatic heterocycles. The molecule has 4 rings (SSSR count). The molecule has 0 aliphatic carbocycles. The summed E-state index contributed by atoms with van der Waals surface area (Å²) in [6, 6.07) is 6.54. The van der Waals surface area contributed by atoms with Crippen molar-refractivity contribution >= 4 is 21.8 Å². The van der Waals surface area contributed by atoms with Gasteiger partial charge < -0.3 is 14.9 Å². The van der Waals surface area contributed by atoms with E-state index in [1.54, 1.807) is 18.2 Å². The lowest BCUT2D eigenvalue weighted by Crippen LogP contribution is -2.44. The molecular weight excluding hydrogens is 307 g/mol. The normalized spacial score (nSPS) is 16.2. The quantitative estimate of drug-likeness (QED) is 0.721. The third kappa shape index (κ3) is 2.61. The second-order valence-corrected chi connectivity index (χ2v) is 6.43. The fourth-order valence-corrected chi connectivity index (χ4v) is 3.72. The van der Waals surface area contributed by atoms with Gasteiger partial charge >= 0.3 is 0 Å². The summed E-state index contributed by atoms with van der Waals surface area (Å²) in [6.07, 6.45) is 0. The van der Waals surface area contributed by atoms with Crippen molar-refractivity contribution in [3.05, 3.63) is 46.1 Å². The van der Waals surface area contributed by atoms with Crippen LogP contribution in [0.2, 0.25) is 0 Å². The van der Waals surface area contributed by atoms with Gasteiger partial charge in [-0.3, -0.25) is 9.69 Å². The van der Waals surface area contributed by atoms with Crippen LogP contribution in [0.1, 0.15) is 5.69 Å². The van der Waals surface area contributed by atoms with E-state index in [1.807, 2.05) is 6.92 Å². The second kappa shape index (κ2) is 6.03. The topological polar surface area (TPSA) is 53.1 Å². The summed E-state index contributed by atoms with van der Waals surface area (Å²) in [4.78, 5) is 17.0. The van der Waals surface area contributed by atoms with Crippen molar-refractivity contribution < 1.29 is 4.39 Å². The van der Waals surface area contributed by atoms with Gasteiger partial charge in [-0.2, -0.15) is 4.39 Å². The summed E-state index contributed by atoms with van der Waals surface area (Å²) in [7, 11) is 0. The standard InChI is InChI=1S/C18H21FN4O/c1-12-18-15(11-17(19)21-12)14-3-2-13(24)10-16(14)23(18)9-8-22-6-4-20-5-7-22/h2-3,10-11,20-21H,4-9H2,1H3. The number of rotatable bonds is 3. The molecule has 0 spiro atoms. The maximum Gasteiger partial charge on any atom is 0.191 e. The van der Waals surface area contributed by atoms with E-state index in [-0.39, 0.29) is 11.4 Å². The van der Waals surface area contributed by atoms with E-state index in [2.05, 4.69) is 19.8 Å². The average molecular weight is 328 g/mol. The summed E-state index contributed by atoms with van der Waals surface area (Å²) >= 11 is 0. The van der Waals surface area contributed by atoms with Gasteiger partial charge in [0, 0.05) is 67.9 Å². The van der Waals surface area contributed by atoms with Crippen LogP contribution in [0, 0.1) is 12.9 Å². The van der Waals surface area contributed by atoms with Crippen LogP contribution in [0.15, 0.2) is 29.1 Å². The predicted molar refractivity (Wildman–Crippen MR) is 94.1 cm³/mol. The van der Waals surface area contributed by atoms with Crippen LogP contribution < -0.4 is 10.7 Å². The smallest absolute Gasteiger partial charge is 0.191 e. The molecule has 0 unspecified atom stereocenters. The highest BCUT2D eigenvalue weighted by molar-refractivity contribution is 6.08. The molecule has 0 atom stereocenters. The number of hydrogen-bond donors (Lipinski definition) is 2. The number of piperazine rings is 1. The van der Waals surface area contributed by atoms with Crippen LogP contribution in [0.25, 0.3) is 21.8 Å². The van der Waals surface area contributed by atoms with E-state index in [9.17, 15) is 9.18 Å². The number of nitrogens with zero attached hydrogens (tertiary/aromatic N) is 2. The Morgan fingerprint density at radius 2 is 1.92 bits per heavy atom. The molecule has 1 aromatic carbocycles. The SMILES string of the molecule is Cc1[nH]c(F)cc2c3ccc(=O)cc3n(CCN3CCNCC3)c12. The Morgan fingerprint density at radius 3 is 2.71 bits per heavy atom. The minimum Gasteiger partial charge on any atom is -0.338 e. The first-order valence-electron chi connectivity index (χ1n) is 8.38. The molecule has 1 fully saturated rings. The fourth-order valence-electron chi connectivity index (χ4n) is 3.72. The van der Waals surface area contributed by atoms with Crippen molar-refractivity contribution in [1.29, 1.82) is 0 Å². The van der Waals surface area contributed by atoms with Crippen LogP contribution in [0.3, 0.4) is 0 Å². The van der Waals surface area contributed by atoms with E-state index in [0.29, 0.717) is 0 Å². The summed E-state index contributed by atoms with van der Waals surface area (Å²) in [5, 5.41) is 5.15. The zero-order valence-electron chi connectivity index (χ0n) is 13.7. The van der Waals surface area contributed by atoms with Gasteiger partial charge in [0.2, 0.25) is 0 Å². The molecule has 5 nitrogen and oxygen atoms in total. The summed E-state index contributed by atoms with van der Waals surface area (Å²) in [5.74, 6) is -0.354. The summed E-state index contributed by atoms with van der Waals surface area (Å²) in [5.41, 5.74) is 2.63. The van der Waals surface area contributed by atoms with Gasteiger partial charge in [-0.25, -0.2) is 0 Å². The second-order valence-electron chi connectivity index (χ2n) is 6.43. The van der Waals surface area contributed by atoms with Crippen molar-refractivity contribution in [3.8, 4) is 0 Å². The van der Waals surface area contributed by atoms with Crippen molar-refractivity contribution in [2.24, 2.45) is 0 Å². The highest BCUT2D eigenvalue weighted by Gasteiger charge is 2.16. The Balaban J connectivity index is 1.84. The van der Waals surface area contributed by atoms with Gasteiger partial charge in [-0.05, 0) is 19.1 Å². The van der Waals surface area contributed by atoms with E-state index < -0.39 is 0 Å². The van der Waals surface area contributed by atoms with Gasteiger partial charge in [0.25, 0.3) is 0 Å². The lowest BCUT2D eigenvalue weighted by molar-refractivity contribution is 0.234. The molecular formula is C18H21FN4O. The highest BCUT2D eigenvalue weighted by atomic mass is 19.1. The van der Waals surface area contributed by atoms with Gasteiger partial charge in [-0.15, -0.1) is 0 Å². The maximum atomic E-state index is 13.8. The van der Waals surface area contributed by atoms with Gasteiger partial charge in [0.15, 0.2) is 11.4 Å². The highest BCUT2D eigenvalue weighted by Crippen LogP contribution is 2.30. The van der Waals surface area contributed by atoms with Crippen molar-refractivity contribution in [1.82, 2.24) is 19.8 Å². The Hall–Kier alpha value is -2.18. The van der Waals surface area contributed by atoms with Crippen molar-refractivity contribution in [3.63, 3.8) is 0 Å². The molecule has 3 aromatic rings. The lowest BCUT2D eigenvalue weighted by Gasteiger charge is -2.27. The first-order valence-corrected chi connectivity index (χ1v) is 8.38.